The summed E-state index contributed by atoms with van der Waals surface area (Å²) in [4.78, 5) is 17.9. The molecule has 8 aromatic rings. The number of aryl methyl sites for hydroxylation is 2. The molecule has 0 unspecified atom stereocenters. The zero-order chi connectivity index (χ0) is 38.4. The van der Waals surface area contributed by atoms with Crippen LogP contribution >= 0.6 is 0 Å². The summed E-state index contributed by atoms with van der Waals surface area (Å²) in [6, 6.07) is 32.5. The van der Waals surface area contributed by atoms with Crippen LogP contribution in [0.5, 0.6) is 0 Å². The van der Waals surface area contributed by atoms with Gasteiger partial charge in [-0.3, -0.25) is 4.98 Å². The van der Waals surface area contributed by atoms with Crippen LogP contribution in [0.2, 0.25) is 0 Å². The van der Waals surface area contributed by atoms with Gasteiger partial charge in [-0.15, -0.1) is 53.6 Å². The first kappa shape index (κ1) is 26.9. The molecule has 4 aromatic heterocycles. The zero-order valence-corrected chi connectivity index (χ0v) is 29.8. The van der Waals surface area contributed by atoms with Gasteiger partial charge in [0.25, 0.3) is 0 Å². The Hall–Kier alpha value is -4.97. The number of hydrogen-bond donors (Lipinski definition) is 0. The number of aromatic nitrogens is 5. The quantitative estimate of drug-likeness (QED) is 0.162. The molecular weight excluding hydrogens is 783 g/mol. The summed E-state index contributed by atoms with van der Waals surface area (Å²) < 4.78 is 52.2. The van der Waals surface area contributed by atoms with Crippen molar-refractivity contribution in [2.24, 2.45) is 0 Å². The monoisotopic (exact) mass is 826 g/mol. The van der Waals surface area contributed by atoms with E-state index in [0.29, 0.717) is 28.7 Å². The van der Waals surface area contributed by atoms with E-state index < -0.39 is 13.7 Å². The maximum absolute atomic E-state index is 7.28. The van der Waals surface area contributed by atoms with Crippen LogP contribution < -0.4 is 0 Å². The minimum Gasteiger partial charge on any atom is -0.501 e. The second-order valence-electron chi connectivity index (χ2n) is 12.2. The number of para-hydroxylation sites is 2. The molecule has 0 fully saturated rings. The van der Waals surface area contributed by atoms with E-state index in [1.165, 1.54) is 35.5 Å². The van der Waals surface area contributed by atoms with Crippen LogP contribution in [0.15, 0.2) is 108 Å². The van der Waals surface area contributed by atoms with Crippen molar-refractivity contribution >= 4 is 33.1 Å². The number of rotatable bonds is 5. The van der Waals surface area contributed by atoms with Gasteiger partial charge in [-0.2, -0.15) is 0 Å². The van der Waals surface area contributed by atoms with E-state index in [1.54, 1.807) is 18.5 Å². The number of fused-ring (bicyclic) bond motifs is 4. The molecule has 49 heavy (non-hydrogen) atoms. The van der Waals surface area contributed by atoms with Crippen LogP contribution in [-0.4, -0.2) is 24.5 Å². The van der Waals surface area contributed by atoms with Gasteiger partial charge < -0.3 is 14.0 Å². The van der Waals surface area contributed by atoms with Gasteiger partial charge in [0.1, 0.15) is 17.4 Å². The molecule has 0 saturated heterocycles. The Morgan fingerprint density at radius 2 is 1.55 bits per heavy atom. The van der Waals surface area contributed by atoms with Crippen LogP contribution in [0.3, 0.4) is 0 Å². The smallest absolute Gasteiger partial charge is 0.171 e. The first-order valence-corrected chi connectivity index (χ1v) is 15.9. The normalized spacial score (nSPS) is 13.6. The van der Waals surface area contributed by atoms with Crippen molar-refractivity contribution in [2.45, 2.75) is 53.2 Å². The molecule has 4 heterocycles. The van der Waals surface area contributed by atoms with E-state index in [1.807, 2.05) is 30.5 Å². The molecule has 0 atom stereocenters. The Balaban J connectivity index is 0.000000211. The summed E-state index contributed by atoms with van der Waals surface area (Å²) in [5.74, 6) is 1.42. The molecule has 0 aliphatic carbocycles. The fourth-order valence-electron chi connectivity index (χ4n) is 5.98. The third-order valence-corrected chi connectivity index (χ3v) is 8.32. The fraction of sp³-hybridized carbons (Fsp3) is 0.190. The molecular formula is C42H37IrN5O-2. The first-order valence-electron chi connectivity index (χ1n) is 18.9. The number of nitrogens with zero attached hydrogens (tertiary/aromatic N) is 5. The third kappa shape index (κ3) is 6.57. The van der Waals surface area contributed by atoms with Crippen molar-refractivity contribution in [3.8, 4) is 28.3 Å². The molecule has 0 bridgehead atoms. The van der Waals surface area contributed by atoms with E-state index in [9.17, 15) is 0 Å². The summed E-state index contributed by atoms with van der Waals surface area (Å²) in [5.41, 5.74) is 9.17. The molecule has 247 valence electrons. The Bertz CT molecular complexity index is 2510. The Morgan fingerprint density at radius 3 is 2.24 bits per heavy atom. The minimum atomic E-state index is -2.18. The minimum absolute atomic E-state index is 0. The maximum Gasteiger partial charge on any atom is 0.171 e. The summed E-state index contributed by atoms with van der Waals surface area (Å²) in [6.45, 7) is 4.57. The van der Waals surface area contributed by atoms with Crippen molar-refractivity contribution in [3.63, 3.8) is 0 Å². The maximum atomic E-state index is 7.28. The molecule has 4 aromatic carbocycles. The van der Waals surface area contributed by atoms with Gasteiger partial charge in [-0.05, 0) is 47.1 Å². The second kappa shape index (κ2) is 14.3. The molecule has 0 aliphatic heterocycles. The van der Waals surface area contributed by atoms with Gasteiger partial charge in [-0.25, -0.2) is 9.97 Å². The largest absolute Gasteiger partial charge is 0.501 e. The molecule has 0 amide bonds. The Labute approximate surface area is 309 Å². The number of furan rings is 1. The van der Waals surface area contributed by atoms with Crippen molar-refractivity contribution in [2.75, 3.05) is 0 Å². The number of imidazole rings is 1. The summed E-state index contributed by atoms with van der Waals surface area (Å²) in [6.07, 6.45) is 4.69. The fourth-order valence-corrected chi connectivity index (χ4v) is 5.98. The van der Waals surface area contributed by atoms with Crippen molar-refractivity contribution in [3.05, 3.63) is 138 Å². The predicted octanol–water partition coefficient (Wildman–Crippen LogP) is 10.6. The average molecular weight is 826 g/mol. The number of pyridine rings is 1. The molecule has 7 heteroatoms. The van der Waals surface area contributed by atoms with Gasteiger partial charge in [0.15, 0.2) is 5.65 Å². The summed E-state index contributed by atoms with van der Waals surface area (Å²) >= 11 is 0. The van der Waals surface area contributed by atoms with Crippen LogP contribution in [0, 0.1) is 25.8 Å². The van der Waals surface area contributed by atoms with Crippen LogP contribution in [0.4, 0.5) is 0 Å². The van der Waals surface area contributed by atoms with Crippen molar-refractivity contribution in [1.82, 2.24) is 24.5 Å². The third-order valence-electron chi connectivity index (χ3n) is 8.32. The van der Waals surface area contributed by atoms with E-state index in [-0.39, 0.29) is 31.2 Å². The Morgan fingerprint density at radius 1 is 0.776 bits per heavy atom. The molecule has 6 nitrogen and oxygen atoms in total. The predicted molar refractivity (Wildman–Crippen MR) is 194 cm³/mol. The molecule has 0 N–H and O–H groups in total. The Kier molecular flexibility index (Phi) is 7.83. The van der Waals surface area contributed by atoms with Crippen LogP contribution in [0.25, 0.3) is 61.4 Å². The van der Waals surface area contributed by atoms with Crippen molar-refractivity contribution in [1.29, 1.82) is 0 Å². The molecule has 8 rings (SSSR count). The summed E-state index contributed by atoms with van der Waals surface area (Å²) in [5, 5.41) is 2.14. The number of hydrogen-bond acceptors (Lipinski definition) is 5. The van der Waals surface area contributed by atoms with Gasteiger partial charge in [0, 0.05) is 45.6 Å². The zero-order valence-electron chi connectivity index (χ0n) is 33.4. The summed E-state index contributed by atoms with van der Waals surface area (Å²) in [7, 11) is 0. The van der Waals surface area contributed by atoms with Crippen molar-refractivity contribution < 1.29 is 32.7 Å². The van der Waals surface area contributed by atoms with E-state index in [2.05, 4.69) is 89.7 Å². The first-order chi connectivity index (χ1) is 25.7. The van der Waals surface area contributed by atoms with Crippen LogP contribution in [0.1, 0.15) is 70.0 Å². The van der Waals surface area contributed by atoms with E-state index >= 15 is 0 Å². The molecule has 0 aliphatic rings. The average Bonchev–Trinajstić information content (AvgIpc) is 3.73. The molecule has 0 spiro atoms. The number of benzene rings is 4. The molecule has 1 radical (unpaired) electrons. The SMILES string of the molecule is CC(C)c1cccc(C(C)C)c1-n1c(-c2[c-]ccc3c2oc2ccccc23)nc2ncncc21.[2H]C([2H])([2H])c1c[c-]c(-c2ccc(C([2H])([2H])[2H])cn2)cc1.[Ir]. The van der Waals surface area contributed by atoms with Gasteiger partial charge in [0.05, 0.1) is 17.6 Å². The second-order valence-corrected chi connectivity index (χ2v) is 12.2. The standard InChI is InChI=1S/C29H25N4O.C13H12N.Ir/c1-17(2)19-10-7-11-20(18(3)4)26(19)33-24-15-30-16-31-28(24)32-29(33)23-13-8-12-22-21-9-5-6-14-25(21)34-27(22)23;1-10-3-6-12(7-4-10)13-8-5-11(2)9-14-13;/h5-12,14-18H,1-4H3;3-6,8-9H,1-2H3;/q2*-1;/i;1D3,2D3;. The van der Waals surface area contributed by atoms with Gasteiger partial charge >= 0.3 is 0 Å². The van der Waals surface area contributed by atoms with E-state index in [4.69, 9.17) is 17.6 Å². The van der Waals surface area contributed by atoms with Crippen LogP contribution in [-0.2, 0) is 20.1 Å². The van der Waals surface area contributed by atoms with E-state index in [0.717, 1.165) is 44.5 Å². The van der Waals surface area contributed by atoms with Gasteiger partial charge in [0.2, 0.25) is 0 Å². The molecule has 0 saturated carbocycles. The van der Waals surface area contributed by atoms with Gasteiger partial charge in [-0.1, -0.05) is 94.0 Å². The topological polar surface area (TPSA) is 69.6 Å².